The van der Waals surface area contributed by atoms with Crippen molar-refractivity contribution in [2.75, 3.05) is 4.43 Å². The first-order valence-corrected chi connectivity index (χ1v) is 6.79. The van der Waals surface area contributed by atoms with E-state index in [-0.39, 0.29) is 0 Å². The maximum absolute atomic E-state index is 3.72. The minimum absolute atomic E-state index is 0.556. The lowest BCUT2D eigenvalue weighted by molar-refractivity contribution is 0.619. The highest BCUT2D eigenvalue weighted by Gasteiger charge is 2.19. The summed E-state index contributed by atoms with van der Waals surface area (Å²) in [5.74, 6) is 1.20. The molecule has 0 aliphatic heterocycles. The number of halogens is 2. The number of rotatable bonds is 3. The molecule has 0 aromatic carbocycles. The first kappa shape index (κ1) is 11.5. The highest BCUT2D eigenvalue weighted by atomic mass is 127. The normalized spacial score (nSPS) is 27.7. The second-order valence-corrected chi connectivity index (χ2v) is 5.03. The molecule has 0 nitrogen and oxygen atoms in total. The molecule has 0 spiro atoms. The Morgan fingerprint density at radius 1 is 1.38 bits per heavy atom. The molecule has 70 valence electrons. The standard InChI is InChI=1S/C11H12I2/c1-2-5-11(13)10-7-4-3-6-9(10)8-12/h2-7,9-10H,1,8H2/b11-5+. The van der Waals surface area contributed by atoms with E-state index in [1.54, 1.807) is 0 Å². The zero-order valence-corrected chi connectivity index (χ0v) is 11.6. The van der Waals surface area contributed by atoms with Gasteiger partial charge in [0, 0.05) is 10.3 Å². The van der Waals surface area contributed by atoms with Crippen LogP contribution in [0.15, 0.2) is 46.6 Å². The van der Waals surface area contributed by atoms with Gasteiger partial charge in [-0.3, -0.25) is 0 Å². The molecule has 0 aromatic heterocycles. The van der Waals surface area contributed by atoms with E-state index in [1.807, 2.05) is 6.08 Å². The summed E-state index contributed by atoms with van der Waals surface area (Å²) in [7, 11) is 0. The van der Waals surface area contributed by atoms with E-state index in [2.05, 4.69) is 82.1 Å². The van der Waals surface area contributed by atoms with Crippen molar-refractivity contribution in [2.24, 2.45) is 11.8 Å². The van der Waals surface area contributed by atoms with E-state index in [9.17, 15) is 0 Å². The molecule has 0 bridgehead atoms. The summed E-state index contributed by atoms with van der Waals surface area (Å²) in [6.45, 7) is 3.72. The first-order valence-electron chi connectivity index (χ1n) is 4.18. The summed E-state index contributed by atoms with van der Waals surface area (Å²) in [6, 6.07) is 0. The van der Waals surface area contributed by atoms with Crippen LogP contribution < -0.4 is 0 Å². The van der Waals surface area contributed by atoms with E-state index in [0.717, 1.165) is 0 Å². The van der Waals surface area contributed by atoms with Gasteiger partial charge in [0.2, 0.25) is 0 Å². The predicted octanol–water partition coefficient (Wildman–Crippen LogP) is 4.28. The predicted molar refractivity (Wildman–Crippen MR) is 76.4 cm³/mol. The molecule has 13 heavy (non-hydrogen) atoms. The van der Waals surface area contributed by atoms with Gasteiger partial charge in [-0.25, -0.2) is 0 Å². The third-order valence-electron chi connectivity index (χ3n) is 2.02. The average molecular weight is 398 g/mol. The summed E-state index contributed by atoms with van der Waals surface area (Å²) in [5.41, 5.74) is 0. The molecule has 0 saturated heterocycles. The lowest BCUT2D eigenvalue weighted by atomic mass is 9.90. The molecule has 0 amide bonds. The van der Waals surface area contributed by atoms with Crippen LogP contribution in [-0.4, -0.2) is 4.43 Å². The van der Waals surface area contributed by atoms with Gasteiger partial charge >= 0.3 is 0 Å². The van der Waals surface area contributed by atoms with Crippen molar-refractivity contribution < 1.29 is 0 Å². The lowest BCUT2D eigenvalue weighted by Crippen LogP contribution is -2.13. The zero-order valence-electron chi connectivity index (χ0n) is 7.29. The molecule has 0 radical (unpaired) electrons. The summed E-state index contributed by atoms with van der Waals surface area (Å²) < 4.78 is 2.54. The van der Waals surface area contributed by atoms with E-state index in [4.69, 9.17) is 0 Å². The van der Waals surface area contributed by atoms with Crippen LogP contribution in [0, 0.1) is 11.8 Å². The second-order valence-electron chi connectivity index (χ2n) is 2.90. The van der Waals surface area contributed by atoms with Crippen molar-refractivity contribution in [1.82, 2.24) is 0 Å². The smallest absolute Gasteiger partial charge is 0.0149 e. The number of alkyl halides is 1. The first-order chi connectivity index (χ1) is 6.29. The van der Waals surface area contributed by atoms with Gasteiger partial charge in [0.05, 0.1) is 0 Å². The molecule has 0 aromatic rings. The maximum atomic E-state index is 3.72. The number of hydrogen-bond donors (Lipinski definition) is 0. The van der Waals surface area contributed by atoms with Gasteiger partial charge in [0.1, 0.15) is 0 Å². The molecular weight excluding hydrogens is 386 g/mol. The van der Waals surface area contributed by atoms with Crippen LogP contribution in [0.25, 0.3) is 0 Å². The highest BCUT2D eigenvalue weighted by molar-refractivity contribution is 14.1. The maximum Gasteiger partial charge on any atom is 0.0149 e. The molecule has 0 fully saturated rings. The Balaban J connectivity index is 2.78. The number of allylic oxidation sites excluding steroid dienone is 7. The van der Waals surface area contributed by atoms with Gasteiger partial charge in [0.25, 0.3) is 0 Å². The largest absolute Gasteiger partial charge is 0.0990 e. The van der Waals surface area contributed by atoms with Crippen molar-refractivity contribution >= 4 is 45.2 Å². The number of hydrogen-bond acceptors (Lipinski definition) is 0. The molecular formula is C11H12I2. The van der Waals surface area contributed by atoms with Crippen molar-refractivity contribution in [3.05, 3.63) is 46.6 Å². The minimum Gasteiger partial charge on any atom is -0.0990 e. The van der Waals surface area contributed by atoms with Gasteiger partial charge in [-0.1, -0.05) is 65.6 Å². The Bertz CT molecular complexity index is 261. The van der Waals surface area contributed by atoms with Crippen molar-refractivity contribution in [3.8, 4) is 0 Å². The van der Waals surface area contributed by atoms with E-state index in [0.29, 0.717) is 11.8 Å². The zero-order chi connectivity index (χ0) is 9.68. The Kier molecular flexibility index (Phi) is 5.31. The van der Waals surface area contributed by atoms with Gasteiger partial charge in [-0.2, -0.15) is 0 Å². The summed E-state index contributed by atoms with van der Waals surface area (Å²) in [6.07, 6.45) is 12.8. The Labute approximate surface area is 107 Å². The molecule has 2 heteroatoms. The quantitative estimate of drug-likeness (QED) is 0.378. The van der Waals surface area contributed by atoms with E-state index >= 15 is 0 Å². The van der Waals surface area contributed by atoms with Crippen molar-refractivity contribution in [1.29, 1.82) is 0 Å². The van der Waals surface area contributed by atoms with Gasteiger partial charge in [-0.15, -0.1) is 0 Å². The van der Waals surface area contributed by atoms with Gasteiger partial charge in [-0.05, 0) is 32.1 Å². The molecule has 2 atom stereocenters. The Morgan fingerprint density at radius 3 is 2.69 bits per heavy atom. The van der Waals surface area contributed by atoms with Crippen LogP contribution in [0.5, 0.6) is 0 Å². The highest BCUT2D eigenvalue weighted by Crippen LogP contribution is 2.31. The third kappa shape index (κ3) is 3.23. The Hall–Kier alpha value is 0.420. The fourth-order valence-corrected chi connectivity index (χ4v) is 3.09. The molecule has 1 aliphatic carbocycles. The Morgan fingerprint density at radius 2 is 2.08 bits per heavy atom. The SMILES string of the molecule is C=C/C=C(/I)C1C=CC=CC1CI. The lowest BCUT2D eigenvalue weighted by Gasteiger charge is -2.21. The summed E-state index contributed by atoms with van der Waals surface area (Å²) in [5, 5.41) is 0. The molecule has 0 heterocycles. The average Bonchev–Trinajstić information content (AvgIpc) is 2.18. The van der Waals surface area contributed by atoms with Crippen LogP contribution in [-0.2, 0) is 0 Å². The fourth-order valence-electron chi connectivity index (χ4n) is 1.32. The van der Waals surface area contributed by atoms with Crippen LogP contribution >= 0.6 is 45.2 Å². The van der Waals surface area contributed by atoms with Crippen LogP contribution in [0.2, 0.25) is 0 Å². The van der Waals surface area contributed by atoms with E-state index < -0.39 is 0 Å². The third-order valence-corrected chi connectivity index (χ3v) is 4.12. The molecule has 2 unspecified atom stereocenters. The topological polar surface area (TPSA) is 0 Å². The molecule has 1 rings (SSSR count). The second kappa shape index (κ2) is 6.01. The van der Waals surface area contributed by atoms with Crippen LogP contribution in [0.4, 0.5) is 0 Å². The van der Waals surface area contributed by atoms with Gasteiger partial charge in [0.15, 0.2) is 0 Å². The van der Waals surface area contributed by atoms with Crippen molar-refractivity contribution in [2.45, 2.75) is 0 Å². The molecule has 0 saturated carbocycles. The van der Waals surface area contributed by atoms with Crippen molar-refractivity contribution in [3.63, 3.8) is 0 Å². The monoisotopic (exact) mass is 398 g/mol. The molecule has 0 N–H and O–H groups in total. The van der Waals surface area contributed by atoms with Gasteiger partial charge < -0.3 is 0 Å². The summed E-state index contributed by atoms with van der Waals surface area (Å²) in [4.78, 5) is 0. The van der Waals surface area contributed by atoms with Crippen LogP contribution in [0.3, 0.4) is 0 Å². The molecule has 1 aliphatic rings. The minimum atomic E-state index is 0.556. The van der Waals surface area contributed by atoms with Crippen LogP contribution in [0.1, 0.15) is 0 Å². The fraction of sp³-hybridized carbons (Fsp3) is 0.273. The summed E-state index contributed by atoms with van der Waals surface area (Å²) >= 11 is 4.84. The van der Waals surface area contributed by atoms with E-state index in [1.165, 1.54) is 8.01 Å².